The van der Waals surface area contributed by atoms with Crippen LogP contribution in [-0.2, 0) is 4.79 Å². The van der Waals surface area contributed by atoms with Gasteiger partial charge in [-0.15, -0.1) is 0 Å². The monoisotopic (exact) mass is 426 g/mol. The number of nitro benzene ring substituents is 1. The summed E-state index contributed by atoms with van der Waals surface area (Å²) >= 11 is 3.36. The van der Waals surface area contributed by atoms with Crippen molar-refractivity contribution in [2.24, 2.45) is 5.92 Å². The van der Waals surface area contributed by atoms with Crippen molar-refractivity contribution in [3.8, 4) is 0 Å². The maximum Gasteiger partial charge on any atom is 0.292 e. The van der Waals surface area contributed by atoms with Gasteiger partial charge in [0.1, 0.15) is 5.69 Å². The number of nitrogens with zero attached hydrogens (tertiary/aromatic N) is 2. The topological polar surface area (TPSA) is 87.5 Å². The van der Waals surface area contributed by atoms with Gasteiger partial charge in [0.25, 0.3) is 5.69 Å². The van der Waals surface area contributed by atoms with Crippen LogP contribution in [0, 0.1) is 16.0 Å². The summed E-state index contributed by atoms with van der Waals surface area (Å²) in [5.74, 6) is 0.495. The Hall–Kier alpha value is -1.67. The number of hydrogen-bond acceptors (Lipinski definition) is 5. The molecular weight excluding hydrogens is 400 g/mol. The molecule has 1 saturated heterocycles. The molecule has 2 N–H and O–H groups in total. The SMILES string of the molecule is CC(C)(C)NC(=O)CN1CCC(CNc2cc(Br)ccc2[N+](=O)[O-])CC1. The van der Waals surface area contributed by atoms with Crippen LogP contribution in [0.3, 0.4) is 0 Å². The van der Waals surface area contributed by atoms with Gasteiger partial charge in [-0.3, -0.25) is 19.8 Å². The second kappa shape index (κ2) is 8.81. The number of rotatable bonds is 6. The van der Waals surface area contributed by atoms with Crippen LogP contribution < -0.4 is 10.6 Å². The van der Waals surface area contributed by atoms with Crippen LogP contribution in [0.2, 0.25) is 0 Å². The number of piperidine rings is 1. The zero-order valence-electron chi connectivity index (χ0n) is 15.5. The molecule has 0 saturated carbocycles. The van der Waals surface area contributed by atoms with Crippen LogP contribution in [0.5, 0.6) is 0 Å². The number of benzene rings is 1. The largest absolute Gasteiger partial charge is 0.379 e. The van der Waals surface area contributed by atoms with E-state index >= 15 is 0 Å². The molecule has 0 atom stereocenters. The summed E-state index contributed by atoms with van der Waals surface area (Å²) in [6.07, 6.45) is 1.94. The number of likely N-dealkylation sites (tertiary alicyclic amines) is 1. The highest BCUT2D eigenvalue weighted by atomic mass is 79.9. The summed E-state index contributed by atoms with van der Waals surface area (Å²) < 4.78 is 0.810. The number of hydrogen-bond donors (Lipinski definition) is 2. The van der Waals surface area contributed by atoms with Gasteiger partial charge in [0, 0.05) is 22.6 Å². The first kappa shape index (κ1) is 20.6. The van der Waals surface area contributed by atoms with E-state index in [1.165, 1.54) is 6.07 Å². The number of carbonyl (C=O) groups excluding carboxylic acids is 1. The second-order valence-electron chi connectivity index (χ2n) is 7.82. The maximum absolute atomic E-state index is 12.0. The van der Waals surface area contributed by atoms with Gasteiger partial charge >= 0.3 is 0 Å². The molecule has 0 bridgehead atoms. The number of nitrogens with one attached hydrogen (secondary N) is 2. The molecule has 1 amide bonds. The zero-order valence-corrected chi connectivity index (χ0v) is 17.1. The molecule has 1 aliphatic rings. The van der Waals surface area contributed by atoms with Crippen molar-refractivity contribution < 1.29 is 9.72 Å². The normalized spacial score (nSPS) is 16.3. The molecule has 0 unspecified atom stereocenters. The van der Waals surface area contributed by atoms with Crippen molar-refractivity contribution in [2.45, 2.75) is 39.2 Å². The molecule has 2 rings (SSSR count). The number of carbonyl (C=O) groups is 1. The fourth-order valence-corrected chi connectivity index (χ4v) is 3.43. The molecule has 1 aromatic rings. The quantitative estimate of drug-likeness (QED) is 0.537. The Bertz CT molecular complexity index is 652. The van der Waals surface area contributed by atoms with Gasteiger partial charge in [-0.2, -0.15) is 0 Å². The van der Waals surface area contributed by atoms with Crippen molar-refractivity contribution in [3.05, 3.63) is 32.8 Å². The highest BCUT2D eigenvalue weighted by Crippen LogP contribution is 2.28. The lowest BCUT2D eigenvalue weighted by Gasteiger charge is -2.32. The zero-order chi connectivity index (χ0) is 19.3. The lowest BCUT2D eigenvalue weighted by molar-refractivity contribution is -0.384. The number of halogens is 1. The Morgan fingerprint density at radius 3 is 2.58 bits per heavy atom. The minimum Gasteiger partial charge on any atom is -0.379 e. The van der Waals surface area contributed by atoms with E-state index in [4.69, 9.17) is 0 Å². The molecule has 1 aromatic carbocycles. The van der Waals surface area contributed by atoms with Crippen molar-refractivity contribution in [1.29, 1.82) is 0 Å². The maximum atomic E-state index is 12.0. The van der Waals surface area contributed by atoms with E-state index in [-0.39, 0.29) is 22.1 Å². The van der Waals surface area contributed by atoms with E-state index < -0.39 is 0 Å². The molecule has 8 heteroatoms. The lowest BCUT2D eigenvalue weighted by atomic mass is 9.96. The summed E-state index contributed by atoms with van der Waals surface area (Å²) in [5.41, 5.74) is 0.415. The van der Waals surface area contributed by atoms with Crippen molar-refractivity contribution >= 4 is 33.2 Å². The first-order chi connectivity index (χ1) is 12.1. The van der Waals surface area contributed by atoms with E-state index in [1.807, 2.05) is 20.8 Å². The van der Waals surface area contributed by atoms with E-state index in [2.05, 4.69) is 31.5 Å². The van der Waals surface area contributed by atoms with Gasteiger partial charge in [-0.05, 0) is 64.8 Å². The van der Waals surface area contributed by atoms with Gasteiger partial charge in [-0.25, -0.2) is 0 Å². The third-order valence-electron chi connectivity index (χ3n) is 4.33. The minimum absolute atomic E-state index is 0.0545. The van der Waals surface area contributed by atoms with Crippen LogP contribution in [-0.4, -0.2) is 47.4 Å². The molecule has 1 aliphatic heterocycles. The summed E-state index contributed by atoms with van der Waals surface area (Å²) in [6, 6.07) is 4.91. The fourth-order valence-electron chi connectivity index (χ4n) is 3.07. The molecule has 0 radical (unpaired) electrons. The smallest absolute Gasteiger partial charge is 0.292 e. The Morgan fingerprint density at radius 1 is 1.35 bits per heavy atom. The van der Waals surface area contributed by atoms with E-state index in [0.717, 1.165) is 30.4 Å². The molecule has 0 aliphatic carbocycles. The molecule has 0 spiro atoms. The predicted octanol–water partition coefficient (Wildman–Crippen LogP) is 3.40. The number of anilines is 1. The predicted molar refractivity (Wildman–Crippen MR) is 106 cm³/mol. The number of nitro groups is 1. The van der Waals surface area contributed by atoms with Gasteiger partial charge in [0.15, 0.2) is 0 Å². The highest BCUT2D eigenvalue weighted by molar-refractivity contribution is 9.10. The molecule has 7 nitrogen and oxygen atoms in total. The van der Waals surface area contributed by atoms with Crippen molar-refractivity contribution in [1.82, 2.24) is 10.2 Å². The average Bonchev–Trinajstić information content (AvgIpc) is 2.52. The average molecular weight is 427 g/mol. The minimum atomic E-state index is -0.370. The number of amides is 1. The van der Waals surface area contributed by atoms with E-state index in [0.29, 0.717) is 24.7 Å². The molecule has 0 aromatic heterocycles. The van der Waals surface area contributed by atoms with Gasteiger partial charge in [0.05, 0.1) is 11.5 Å². The Balaban J connectivity index is 1.80. The van der Waals surface area contributed by atoms with E-state index in [1.54, 1.807) is 12.1 Å². The van der Waals surface area contributed by atoms with Gasteiger partial charge in [0.2, 0.25) is 5.91 Å². The molecule has 144 valence electrons. The third kappa shape index (κ3) is 6.57. The first-order valence-electron chi connectivity index (χ1n) is 8.85. The Morgan fingerprint density at radius 2 is 2.00 bits per heavy atom. The van der Waals surface area contributed by atoms with Crippen LogP contribution in [0.25, 0.3) is 0 Å². The Labute approximate surface area is 162 Å². The standard InChI is InChI=1S/C18H27BrN4O3/c1-18(2,3)21-17(24)12-22-8-6-13(7-9-22)11-20-15-10-14(19)4-5-16(15)23(25)26/h4-5,10,13,20H,6-9,11-12H2,1-3H3,(H,21,24). The van der Waals surface area contributed by atoms with E-state index in [9.17, 15) is 14.9 Å². The summed E-state index contributed by atoms with van der Waals surface area (Å²) in [6.45, 7) is 8.78. The summed E-state index contributed by atoms with van der Waals surface area (Å²) in [4.78, 5) is 24.9. The lowest BCUT2D eigenvalue weighted by Crippen LogP contribution is -2.47. The molecule has 1 heterocycles. The van der Waals surface area contributed by atoms with Crippen molar-refractivity contribution in [3.63, 3.8) is 0 Å². The third-order valence-corrected chi connectivity index (χ3v) is 4.82. The Kier molecular flexibility index (Phi) is 7.00. The molecule has 26 heavy (non-hydrogen) atoms. The highest BCUT2D eigenvalue weighted by Gasteiger charge is 2.23. The summed E-state index contributed by atoms with van der Waals surface area (Å²) in [7, 11) is 0. The van der Waals surface area contributed by atoms with Crippen LogP contribution in [0.1, 0.15) is 33.6 Å². The van der Waals surface area contributed by atoms with Crippen LogP contribution in [0.15, 0.2) is 22.7 Å². The van der Waals surface area contributed by atoms with Crippen LogP contribution >= 0.6 is 15.9 Å². The fraction of sp³-hybridized carbons (Fsp3) is 0.611. The van der Waals surface area contributed by atoms with Gasteiger partial charge in [-0.1, -0.05) is 15.9 Å². The molecular formula is C18H27BrN4O3. The van der Waals surface area contributed by atoms with Crippen LogP contribution in [0.4, 0.5) is 11.4 Å². The molecule has 1 fully saturated rings. The van der Waals surface area contributed by atoms with Crippen molar-refractivity contribution in [2.75, 3.05) is 31.5 Å². The first-order valence-corrected chi connectivity index (χ1v) is 9.64. The second-order valence-corrected chi connectivity index (χ2v) is 8.73. The van der Waals surface area contributed by atoms with Gasteiger partial charge < -0.3 is 10.6 Å². The summed E-state index contributed by atoms with van der Waals surface area (Å²) in [5, 5.41) is 17.3.